The van der Waals surface area contributed by atoms with Crippen LogP contribution in [0, 0.1) is 13.8 Å². The molecular weight excluding hydrogens is 444 g/mol. The number of benzene rings is 2. The number of hydrogen-bond acceptors (Lipinski definition) is 6. The normalized spacial score (nSPS) is 17.0. The highest BCUT2D eigenvalue weighted by atomic mass is 16.5. The summed E-state index contributed by atoms with van der Waals surface area (Å²) in [4.78, 5) is 44.1. The molecule has 1 saturated heterocycles. The van der Waals surface area contributed by atoms with Gasteiger partial charge < -0.3 is 9.84 Å². The molecule has 1 aromatic heterocycles. The fraction of sp³-hybridized carbons (Fsp3) is 0.214. The van der Waals surface area contributed by atoms with Gasteiger partial charge in [0.25, 0.3) is 11.7 Å². The monoisotopic (exact) mass is 470 g/mol. The Hall–Kier alpha value is -4.26. The SMILES string of the molecule is CCOC(=O)Cc1ccc(N2C(=O)C(=O)/C(=C(/O)c3cc(C)ccc3C)C2c2ccccn2)cc1. The minimum Gasteiger partial charge on any atom is -0.507 e. The van der Waals surface area contributed by atoms with Crippen LogP contribution in [0.2, 0.25) is 0 Å². The number of Topliss-reactive ketones (excluding diaryl/α,β-unsaturated/α-hetero) is 1. The standard InChI is InChI=1S/C28H26N2O5/c1-4-35-23(31)16-19-10-12-20(13-11-19)30-25(22-7-5-6-14-29-22)24(27(33)28(30)34)26(32)21-15-17(2)8-9-18(21)3/h5-15,25,32H,4,16H2,1-3H3/b26-24+. The fourth-order valence-electron chi connectivity index (χ4n) is 4.21. The first-order valence-electron chi connectivity index (χ1n) is 11.4. The van der Waals surface area contributed by atoms with E-state index in [9.17, 15) is 19.5 Å². The number of amides is 1. The Morgan fingerprint density at radius 2 is 1.80 bits per heavy atom. The Bertz CT molecular complexity index is 1310. The molecular formula is C28H26N2O5. The molecule has 1 aliphatic heterocycles. The lowest BCUT2D eigenvalue weighted by Crippen LogP contribution is -2.29. The molecule has 178 valence electrons. The molecule has 2 aromatic carbocycles. The van der Waals surface area contributed by atoms with Gasteiger partial charge in [-0.2, -0.15) is 0 Å². The zero-order valence-corrected chi connectivity index (χ0v) is 19.8. The van der Waals surface area contributed by atoms with Crippen molar-refractivity contribution >= 4 is 29.1 Å². The maximum absolute atomic E-state index is 13.3. The van der Waals surface area contributed by atoms with Gasteiger partial charge in [0.1, 0.15) is 11.8 Å². The first-order chi connectivity index (χ1) is 16.8. The van der Waals surface area contributed by atoms with Gasteiger partial charge in [0.15, 0.2) is 0 Å². The van der Waals surface area contributed by atoms with Crippen LogP contribution >= 0.6 is 0 Å². The molecule has 0 bridgehead atoms. The third kappa shape index (κ3) is 4.71. The van der Waals surface area contributed by atoms with Crippen molar-refractivity contribution in [2.45, 2.75) is 33.2 Å². The summed E-state index contributed by atoms with van der Waals surface area (Å²) in [5.41, 5.74) is 3.80. The number of anilines is 1. The Morgan fingerprint density at radius 3 is 2.46 bits per heavy atom. The summed E-state index contributed by atoms with van der Waals surface area (Å²) >= 11 is 0. The van der Waals surface area contributed by atoms with Crippen molar-refractivity contribution < 1.29 is 24.2 Å². The third-order valence-electron chi connectivity index (χ3n) is 5.93. The van der Waals surface area contributed by atoms with E-state index in [1.54, 1.807) is 61.7 Å². The summed E-state index contributed by atoms with van der Waals surface area (Å²) in [6.45, 7) is 5.77. The van der Waals surface area contributed by atoms with Crippen LogP contribution in [0.1, 0.15) is 40.9 Å². The van der Waals surface area contributed by atoms with Gasteiger partial charge >= 0.3 is 5.97 Å². The third-order valence-corrected chi connectivity index (χ3v) is 5.93. The van der Waals surface area contributed by atoms with Crippen molar-refractivity contribution in [2.24, 2.45) is 0 Å². The van der Waals surface area contributed by atoms with Crippen LogP contribution < -0.4 is 4.90 Å². The van der Waals surface area contributed by atoms with Crippen molar-refractivity contribution in [3.05, 3.63) is 100 Å². The number of aryl methyl sites for hydroxylation is 2. The molecule has 0 aliphatic carbocycles. The molecule has 1 N–H and O–H groups in total. The van der Waals surface area contributed by atoms with Crippen molar-refractivity contribution in [1.29, 1.82) is 0 Å². The van der Waals surface area contributed by atoms with E-state index in [4.69, 9.17) is 4.74 Å². The van der Waals surface area contributed by atoms with Gasteiger partial charge in [-0.15, -0.1) is 0 Å². The average Bonchev–Trinajstić information content (AvgIpc) is 3.12. The fourth-order valence-corrected chi connectivity index (χ4v) is 4.21. The van der Waals surface area contributed by atoms with Crippen LogP contribution in [-0.2, 0) is 25.5 Å². The molecule has 0 radical (unpaired) electrons. The number of ether oxygens (including phenoxy) is 1. The lowest BCUT2D eigenvalue weighted by atomic mass is 9.95. The van der Waals surface area contributed by atoms with Crippen LogP contribution in [-0.4, -0.2) is 34.4 Å². The summed E-state index contributed by atoms with van der Waals surface area (Å²) in [5.74, 6) is -2.12. The molecule has 7 nitrogen and oxygen atoms in total. The zero-order valence-electron chi connectivity index (χ0n) is 19.8. The molecule has 1 unspecified atom stereocenters. The number of pyridine rings is 1. The maximum Gasteiger partial charge on any atom is 0.310 e. The second kappa shape index (κ2) is 9.93. The molecule has 0 spiro atoms. The molecule has 35 heavy (non-hydrogen) atoms. The summed E-state index contributed by atoms with van der Waals surface area (Å²) in [7, 11) is 0. The number of aromatic nitrogens is 1. The summed E-state index contributed by atoms with van der Waals surface area (Å²) in [5, 5.41) is 11.3. The van der Waals surface area contributed by atoms with E-state index < -0.39 is 17.7 Å². The predicted octanol–water partition coefficient (Wildman–Crippen LogP) is 4.43. The van der Waals surface area contributed by atoms with Crippen molar-refractivity contribution in [1.82, 2.24) is 4.98 Å². The molecule has 1 atom stereocenters. The molecule has 1 aliphatic rings. The number of aliphatic hydroxyl groups is 1. The summed E-state index contributed by atoms with van der Waals surface area (Å²) in [6, 6.07) is 16.7. The largest absolute Gasteiger partial charge is 0.507 e. The van der Waals surface area contributed by atoms with Crippen LogP contribution in [0.25, 0.3) is 5.76 Å². The number of esters is 1. The highest BCUT2D eigenvalue weighted by molar-refractivity contribution is 6.51. The lowest BCUT2D eigenvalue weighted by Gasteiger charge is -2.25. The van der Waals surface area contributed by atoms with E-state index in [1.165, 1.54) is 4.90 Å². The first kappa shape index (κ1) is 23.9. The highest BCUT2D eigenvalue weighted by Gasteiger charge is 2.47. The van der Waals surface area contributed by atoms with Crippen LogP contribution in [0.3, 0.4) is 0 Å². The average molecular weight is 471 g/mol. The van der Waals surface area contributed by atoms with E-state index in [-0.39, 0.29) is 23.7 Å². The van der Waals surface area contributed by atoms with Gasteiger partial charge in [-0.25, -0.2) is 0 Å². The summed E-state index contributed by atoms with van der Waals surface area (Å²) in [6.07, 6.45) is 1.68. The number of ketones is 1. The quantitative estimate of drug-likeness (QED) is 0.248. The summed E-state index contributed by atoms with van der Waals surface area (Å²) < 4.78 is 4.99. The van der Waals surface area contributed by atoms with E-state index in [0.717, 1.165) is 11.1 Å². The van der Waals surface area contributed by atoms with Crippen molar-refractivity contribution in [3.63, 3.8) is 0 Å². The van der Waals surface area contributed by atoms with Gasteiger partial charge in [-0.3, -0.25) is 24.3 Å². The molecule has 7 heteroatoms. The minimum absolute atomic E-state index is 0.0157. The van der Waals surface area contributed by atoms with E-state index in [2.05, 4.69) is 4.98 Å². The second-order valence-electron chi connectivity index (χ2n) is 8.39. The zero-order chi connectivity index (χ0) is 25.1. The molecule has 4 rings (SSSR count). The molecule has 1 amide bonds. The molecule has 2 heterocycles. The first-order valence-corrected chi connectivity index (χ1v) is 11.4. The molecule has 1 fully saturated rings. The molecule has 3 aromatic rings. The number of carbonyl (C=O) groups excluding carboxylic acids is 3. The Balaban J connectivity index is 1.82. The minimum atomic E-state index is -0.910. The van der Waals surface area contributed by atoms with Crippen molar-refractivity contribution in [2.75, 3.05) is 11.5 Å². The van der Waals surface area contributed by atoms with E-state index in [0.29, 0.717) is 29.1 Å². The number of hydrogen-bond donors (Lipinski definition) is 1. The Morgan fingerprint density at radius 1 is 1.06 bits per heavy atom. The Labute approximate surface area is 203 Å². The topological polar surface area (TPSA) is 96.8 Å². The maximum atomic E-state index is 13.3. The van der Waals surface area contributed by atoms with Crippen LogP contribution in [0.15, 0.2) is 72.4 Å². The van der Waals surface area contributed by atoms with Crippen LogP contribution in [0.4, 0.5) is 5.69 Å². The molecule has 0 saturated carbocycles. The predicted molar refractivity (Wildman–Crippen MR) is 132 cm³/mol. The number of nitrogens with zero attached hydrogens (tertiary/aromatic N) is 2. The van der Waals surface area contributed by atoms with E-state index >= 15 is 0 Å². The second-order valence-corrected chi connectivity index (χ2v) is 8.39. The Kier molecular flexibility index (Phi) is 6.78. The van der Waals surface area contributed by atoms with Crippen molar-refractivity contribution in [3.8, 4) is 0 Å². The van der Waals surface area contributed by atoms with Gasteiger partial charge in [-0.05, 0) is 62.2 Å². The number of carbonyl (C=O) groups is 3. The lowest BCUT2D eigenvalue weighted by molar-refractivity contribution is -0.142. The van der Waals surface area contributed by atoms with E-state index in [1.807, 2.05) is 26.0 Å². The van der Waals surface area contributed by atoms with Gasteiger partial charge in [-0.1, -0.05) is 35.9 Å². The van der Waals surface area contributed by atoms with Crippen LogP contribution in [0.5, 0.6) is 0 Å². The highest BCUT2D eigenvalue weighted by Crippen LogP contribution is 2.41. The van der Waals surface area contributed by atoms with Gasteiger partial charge in [0.05, 0.1) is 24.3 Å². The number of aliphatic hydroxyl groups excluding tert-OH is 1. The van der Waals surface area contributed by atoms with Gasteiger partial charge in [0.2, 0.25) is 0 Å². The number of rotatable bonds is 6. The smallest absolute Gasteiger partial charge is 0.310 e. The van der Waals surface area contributed by atoms with Gasteiger partial charge in [0, 0.05) is 17.4 Å².